The number of amides is 2. The van der Waals surface area contributed by atoms with Crippen LogP contribution in [0.25, 0.3) is 0 Å². The first-order valence-electron chi connectivity index (χ1n) is 10.5. The molecule has 2 rings (SSSR count). The van der Waals surface area contributed by atoms with Gasteiger partial charge in [0.1, 0.15) is 6.04 Å². The Bertz CT molecular complexity index is 864. The summed E-state index contributed by atoms with van der Waals surface area (Å²) in [6, 6.07) is 15.0. The van der Waals surface area contributed by atoms with Crippen molar-refractivity contribution in [3.8, 4) is 0 Å². The van der Waals surface area contributed by atoms with E-state index < -0.39 is 6.04 Å². The van der Waals surface area contributed by atoms with Gasteiger partial charge in [0.25, 0.3) is 0 Å². The summed E-state index contributed by atoms with van der Waals surface area (Å²) in [6.45, 7) is 6.27. The Labute approximate surface area is 199 Å². The Morgan fingerprint density at radius 1 is 1.03 bits per heavy atom. The van der Waals surface area contributed by atoms with Crippen LogP contribution in [-0.4, -0.2) is 41.1 Å². The molecule has 0 aliphatic rings. The van der Waals surface area contributed by atoms with Crippen molar-refractivity contribution in [3.63, 3.8) is 0 Å². The molecule has 31 heavy (non-hydrogen) atoms. The summed E-state index contributed by atoms with van der Waals surface area (Å²) in [5, 5.41) is 4.01. The Hall–Kier alpha value is -1.69. The van der Waals surface area contributed by atoms with Crippen LogP contribution in [0, 0.1) is 0 Å². The average Bonchev–Trinajstić information content (AvgIpc) is 2.76. The zero-order valence-electron chi connectivity index (χ0n) is 18.2. The molecule has 2 aromatic carbocycles. The fourth-order valence-corrected chi connectivity index (χ4v) is 4.18. The summed E-state index contributed by atoms with van der Waals surface area (Å²) < 4.78 is 0. The molecule has 168 valence electrons. The van der Waals surface area contributed by atoms with E-state index in [0.717, 1.165) is 17.5 Å². The van der Waals surface area contributed by atoms with E-state index in [2.05, 4.69) is 5.32 Å². The quantitative estimate of drug-likeness (QED) is 0.455. The lowest BCUT2D eigenvalue weighted by Gasteiger charge is -2.29. The SMILES string of the molecule is CC[C@@H](C)NC(=O)[C@H](C)N(CCc1ccccc1)C(=O)CSCc1ccc(Cl)c(Cl)c1. The average molecular weight is 481 g/mol. The Kier molecular flexibility index (Phi) is 10.7. The van der Waals surface area contributed by atoms with E-state index >= 15 is 0 Å². The minimum absolute atomic E-state index is 0.0483. The van der Waals surface area contributed by atoms with Crippen molar-refractivity contribution >= 4 is 46.8 Å². The fraction of sp³-hybridized carbons (Fsp3) is 0.417. The van der Waals surface area contributed by atoms with Crippen LogP contribution in [0.4, 0.5) is 0 Å². The van der Waals surface area contributed by atoms with Crippen LogP contribution < -0.4 is 5.32 Å². The van der Waals surface area contributed by atoms with Gasteiger partial charge in [-0.15, -0.1) is 11.8 Å². The first kappa shape index (κ1) is 25.6. The molecule has 0 saturated heterocycles. The Morgan fingerprint density at radius 2 is 1.74 bits per heavy atom. The van der Waals surface area contributed by atoms with Crippen molar-refractivity contribution < 1.29 is 9.59 Å². The molecule has 0 heterocycles. The van der Waals surface area contributed by atoms with Crippen LogP contribution in [0.15, 0.2) is 48.5 Å². The minimum Gasteiger partial charge on any atom is -0.352 e. The predicted octanol–water partition coefficient (Wildman–Crippen LogP) is 5.60. The molecule has 0 aromatic heterocycles. The largest absolute Gasteiger partial charge is 0.352 e. The van der Waals surface area contributed by atoms with Crippen molar-refractivity contribution in [2.75, 3.05) is 12.3 Å². The van der Waals surface area contributed by atoms with Gasteiger partial charge in [-0.2, -0.15) is 0 Å². The summed E-state index contributed by atoms with van der Waals surface area (Å²) in [5.41, 5.74) is 2.14. The summed E-state index contributed by atoms with van der Waals surface area (Å²) in [5.74, 6) is 0.761. The van der Waals surface area contributed by atoms with E-state index in [1.54, 1.807) is 17.9 Å². The second-order valence-corrected chi connectivity index (χ2v) is 9.36. The molecule has 0 bridgehead atoms. The number of hydrogen-bond acceptors (Lipinski definition) is 3. The van der Waals surface area contributed by atoms with Crippen LogP contribution >= 0.6 is 35.0 Å². The number of rotatable bonds is 11. The number of benzene rings is 2. The van der Waals surface area contributed by atoms with E-state index in [4.69, 9.17) is 23.2 Å². The monoisotopic (exact) mass is 480 g/mol. The topological polar surface area (TPSA) is 49.4 Å². The second kappa shape index (κ2) is 13.0. The van der Waals surface area contributed by atoms with E-state index in [-0.39, 0.29) is 23.6 Å². The van der Waals surface area contributed by atoms with Crippen LogP contribution in [0.2, 0.25) is 10.0 Å². The van der Waals surface area contributed by atoms with Crippen molar-refractivity contribution in [2.45, 2.75) is 51.4 Å². The third-order valence-electron chi connectivity index (χ3n) is 5.13. The number of nitrogens with one attached hydrogen (secondary N) is 1. The standard InChI is InChI=1S/C24H30Cl2N2O2S/c1-4-17(2)27-24(30)18(3)28(13-12-19-8-6-5-7-9-19)23(29)16-31-15-20-10-11-21(25)22(26)14-20/h5-11,14,17-18H,4,12-13,15-16H2,1-3H3,(H,27,30)/t17-,18+/m1/s1. The Morgan fingerprint density at radius 3 is 2.39 bits per heavy atom. The van der Waals surface area contributed by atoms with Gasteiger partial charge < -0.3 is 10.2 Å². The summed E-state index contributed by atoms with van der Waals surface area (Å²) in [6.07, 6.45) is 1.54. The number of nitrogens with zero attached hydrogens (tertiary/aromatic N) is 1. The molecule has 7 heteroatoms. The Balaban J connectivity index is 2.01. The summed E-state index contributed by atoms with van der Waals surface area (Å²) in [7, 11) is 0. The van der Waals surface area contributed by atoms with Crippen LogP contribution in [0.1, 0.15) is 38.3 Å². The number of hydrogen-bond donors (Lipinski definition) is 1. The molecule has 1 N–H and O–H groups in total. The van der Waals surface area contributed by atoms with Crippen molar-refractivity contribution in [1.82, 2.24) is 10.2 Å². The zero-order chi connectivity index (χ0) is 22.8. The number of carbonyl (C=O) groups is 2. The summed E-state index contributed by atoms with van der Waals surface area (Å²) >= 11 is 13.5. The van der Waals surface area contributed by atoms with Crippen molar-refractivity contribution in [1.29, 1.82) is 0 Å². The summed E-state index contributed by atoms with van der Waals surface area (Å²) in [4.78, 5) is 27.4. The van der Waals surface area contributed by atoms with E-state index in [9.17, 15) is 9.59 Å². The van der Waals surface area contributed by atoms with Gasteiger partial charge in [0, 0.05) is 18.3 Å². The number of carbonyl (C=O) groups excluding carboxylic acids is 2. The van der Waals surface area contributed by atoms with Gasteiger partial charge in [-0.1, -0.05) is 66.5 Å². The van der Waals surface area contributed by atoms with Crippen LogP contribution in [0.3, 0.4) is 0 Å². The van der Waals surface area contributed by atoms with Gasteiger partial charge in [0.05, 0.1) is 15.8 Å². The van der Waals surface area contributed by atoms with Gasteiger partial charge in [-0.25, -0.2) is 0 Å². The third-order valence-corrected chi connectivity index (χ3v) is 6.86. The van der Waals surface area contributed by atoms with Gasteiger partial charge in [0.15, 0.2) is 0 Å². The number of thioether (sulfide) groups is 1. The molecule has 2 aromatic rings. The van der Waals surface area contributed by atoms with Gasteiger partial charge in [0.2, 0.25) is 11.8 Å². The first-order chi connectivity index (χ1) is 14.8. The lowest BCUT2D eigenvalue weighted by Crippen LogP contribution is -2.51. The van der Waals surface area contributed by atoms with E-state index in [1.807, 2.05) is 56.3 Å². The molecule has 0 unspecified atom stereocenters. The van der Waals surface area contributed by atoms with E-state index in [1.165, 1.54) is 11.8 Å². The van der Waals surface area contributed by atoms with Crippen LogP contribution in [-0.2, 0) is 21.8 Å². The lowest BCUT2D eigenvalue weighted by molar-refractivity contribution is -0.138. The lowest BCUT2D eigenvalue weighted by atomic mass is 10.1. The maximum atomic E-state index is 13.1. The van der Waals surface area contributed by atoms with Gasteiger partial charge in [-0.3, -0.25) is 9.59 Å². The van der Waals surface area contributed by atoms with Crippen molar-refractivity contribution in [2.24, 2.45) is 0 Å². The normalized spacial score (nSPS) is 12.8. The van der Waals surface area contributed by atoms with E-state index in [0.29, 0.717) is 28.8 Å². The highest BCUT2D eigenvalue weighted by Crippen LogP contribution is 2.25. The maximum Gasteiger partial charge on any atom is 0.242 e. The van der Waals surface area contributed by atoms with Crippen LogP contribution in [0.5, 0.6) is 0 Å². The fourth-order valence-electron chi connectivity index (χ4n) is 3.00. The molecule has 0 radical (unpaired) electrons. The third kappa shape index (κ3) is 8.40. The maximum absolute atomic E-state index is 13.1. The first-order valence-corrected chi connectivity index (χ1v) is 12.4. The number of halogens is 2. The molecule has 0 saturated carbocycles. The molecule has 0 aliphatic carbocycles. The molecule has 0 aliphatic heterocycles. The highest BCUT2D eigenvalue weighted by molar-refractivity contribution is 7.99. The minimum atomic E-state index is -0.532. The van der Waals surface area contributed by atoms with Crippen molar-refractivity contribution in [3.05, 3.63) is 69.7 Å². The smallest absolute Gasteiger partial charge is 0.242 e. The molecular formula is C24H30Cl2N2O2S. The molecule has 2 atom stereocenters. The highest BCUT2D eigenvalue weighted by Gasteiger charge is 2.26. The van der Waals surface area contributed by atoms with Gasteiger partial charge >= 0.3 is 0 Å². The predicted molar refractivity (Wildman–Crippen MR) is 132 cm³/mol. The second-order valence-electron chi connectivity index (χ2n) is 7.56. The zero-order valence-corrected chi connectivity index (χ0v) is 20.6. The molecule has 0 spiro atoms. The van der Waals surface area contributed by atoms with Gasteiger partial charge in [-0.05, 0) is 49.9 Å². The molecule has 4 nitrogen and oxygen atoms in total. The highest BCUT2D eigenvalue weighted by atomic mass is 35.5. The molecule has 2 amide bonds. The molecule has 0 fully saturated rings. The molecular weight excluding hydrogens is 451 g/mol.